The Bertz CT molecular complexity index is 455. The molecule has 0 aromatic carbocycles. The van der Waals surface area contributed by atoms with E-state index in [0.29, 0.717) is 26.3 Å². The first-order valence-electron chi connectivity index (χ1n) is 5.79. The minimum atomic E-state index is -0.300. The summed E-state index contributed by atoms with van der Waals surface area (Å²) in [5.41, 5.74) is 0.941. The van der Waals surface area contributed by atoms with Crippen molar-refractivity contribution in [3.63, 3.8) is 0 Å². The SMILES string of the molecule is Cc1c(Br)c(Br)nn1C(C)C(=O)N1CCOCC1. The summed E-state index contributed by atoms with van der Waals surface area (Å²) >= 11 is 6.79. The van der Waals surface area contributed by atoms with Crippen LogP contribution in [0.15, 0.2) is 9.08 Å². The molecule has 1 fully saturated rings. The van der Waals surface area contributed by atoms with Gasteiger partial charge in [-0.2, -0.15) is 5.10 Å². The molecular formula is C11H15Br2N3O2. The maximum absolute atomic E-state index is 12.4. The van der Waals surface area contributed by atoms with E-state index in [1.54, 1.807) is 4.68 Å². The summed E-state index contributed by atoms with van der Waals surface area (Å²) in [6, 6.07) is -0.300. The third-order valence-corrected chi connectivity index (χ3v) is 5.12. The van der Waals surface area contributed by atoms with Gasteiger partial charge in [-0.3, -0.25) is 9.48 Å². The highest BCUT2D eigenvalue weighted by Gasteiger charge is 2.26. The smallest absolute Gasteiger partial charge is 0.247 e. The van der Waals surface area contributed by atoms with Crippen LogP contribution in [0.2, 0.25) is 0 Å². The molecule has 7 heteroatoms. The number of hydrogen-bond donors (Lipinski definition) is 0. The van der Waals surface area contributed by atoms with Gasteiger partial charge in [-0.15, -0.1) is 0 Å². The number of nitrogens with zero attached hydrogens (tertiary/aromatic N) is 3. The van der Waals surface area contributed by atoms with Crippen molar-refractivity contribution in [2.24, 2.45) is 0 Å². The fraction of sp³-hybridized carbons (Fsp3) is 0.636. The number of ether oxygens (including phenoxy) is 1. The van der Waals surface area contributed by atoms with Crippen molar-refractivity contribution in [1.82, 2.24) is 14.7 Å². The predicted octanol–water partition coefficient (Wildman–Crippen LogP) is 2.14. The Morgan fingerprint density at radius 3 is 2.50 bits per heavy atom. The summed E-state index contributed by atoms with van der Waals surface area (Å²) in [4.78, 5) is 14.2. The molecule has 0 saturated carbocycles. The minimum absolute atomic E-state index is 0.0869. The van der Waals surface area contributed by atoms with Crippen LogP contribution in [0.25, 0.3) is 0 Å². The molecule has 1 amide bonds. The molecule has 0 bridgehead atoms. The van der Waals surface area contributed by atoms with E-state index in [1.807, 2.05) is 18.7 Å². The molecule has 2 heterocycles. The lowest BCUT2D eigenvalue weighted by atomic mass is 10.2. The van der Waals surface area contributed by atoms with Crippen LogP contribution in [0, 0.1) is 6.92 Å². The number of amides is 1. The van der Waals surface area contributed by atoms with Crippen molar-refractivity contribution in [3.05, 3.63) is 14.8 Å². The fourth-order valence-corrected chi connectivity index (χ4v) is 2.71. The molecule has 5 nitrogen and oxygen atoms in total. The summed E-state index contributed by atoms with van der Waals surface area (Å²) in [5.74, 6) is 0.0869. The molecule has 1 unspecified atom stereocenters. The van der Waals surface area contributed by atoms with Gasteiger partial charge in [0.1, 0.15) is 10.6 Å². The number of halogens is 2. The lowest BCUT2D eigenvalue weighted by molar-refractivity contribution is -0.138. The zero-order chi connectivity index (χ0) is 13.3. The van der Waals surface area contributed by atoms with Gasteiger partial charge < -0.3 is 9.64 Å². The second-order valence-corrected chi connectivity index (χ2v) is 5.79. The van der Waals surface area contributed by atoms with Crippen LogP contribution in [-0.2, 0) is 9.53 Å². The van der Waals surface area contributed by atoms with Crippen molar-refractivity contribution in [2.75, 3.05) is 26.3 Å². The van der Waals surface area contributed by atoms with Crippen molar-refractivity contribution in [1.29, 1.82) is 0 Å². The number of rotatable bonds is 2. The zero-order valence-corrected chi connectivity index (χ0v) is 13.5. The Labute approximate surface area is 123 Å². The Morgan fingerprint density at radius 1 is 1.39 bits per heavy atom. The molecule has 1 aromatic heterocycles. The summed E-state index contributed by atoms with van der Waals surface area (Å²) in [5, 5.41) is 4.33. The molecule has 0 radical (unpaired) electrons. The number of carbonyl (C=O) groups is 1. The van der Waals surface area contributed by atoms with E-state index < -0.39 is 0 Å². The molecular weight excluding hydrogens is 366 g/mol. The molecule has 1 aliphatic heterocycles. The highest BCUT2D eigenvalue weighted by Crippen LogP contribution is 2.28. The highest BCUT2D eigenvalue weighted by molar-refractivity contribution is 9.13. The Hall–Kier alpha value is -0.400. The van der Waals surface area contributed by atoms with E-state index in [2.05, 4.69) is 37.0 Å². The largest absolute Gasteiger partial charge is 0.378 e. The van der Waals surface area contributed by atoms with Gasteiger partial charge in [-0.05, 0) is 45.7 Å². The third-order valence-electron chi connectivity index (χ3n) is 3.08. The number of carbonyl (C=O) groups excluding carboxylic acids is 1. The number of morpholine rings is 1. The Balaban J connectivity index is 2.17. The van der Waals surface area contributed by atoms with Crippen molar-refractivity contribution in [3.8, 4) is 0 Å². The summed E-state index contributed by atoms with van der Waals surface area (Å²) in [6.07, 6.45) is 0. The van der Waals surface area contributed by atoms with Gasteiger partial charge in [-0.25, -0.2) is 0 Å². The van der Waals surface area contributed by atoms with Gasteiger partial charge in [0.05, 0.1) is 23.4 Å². The summed E-state index contributed by atoms with van der Waals surface area (Å²) in [6.45, 7) is 6.35. The van der Waals surface area contributed by atoms with E-state index in [0.717, 1.165) is 14.8 Å². The number of hydrogen-bond acceptors (Lipinski definition) is 3. The highest BCUT2D eigenvalue weighted by atomic mass is 79.9. The third kappa shape index (κ3) is 2.62. The van der Waals surface area contributed by atoms with Gasteiger partial charge in [0.15, 0.2) is 0 Å². The molecule has 18 heavy (non-hydrogen) atoms. The van der Waals surface area contributed by atoms with Gasteiger partial charge in [0.25, 0.3) is 0 Å². The normalized spacial score (nSPS) is 17.9. The standard InChI is InChI=1S/C11H15Br2N3O2/c1-7-9(12)10(13)14-16(7)8(2)11(17)15-3-5-18-6-4-15/h8H,3-6H2,1-2H3. The van der Waals surface area contributed by atoms with Crippen LogP contribution in [0.3, 0.4) is 0 Å². The average Bonchev–Trinajstić information content (AvgIpc) is 2.66. The van der Waals surface area contributed by atoms with Crippen molar-refractivity contribution in [2.45, 2.75) is 19.9 Å². The molecule has 1 aromatic rings. The molecule has 0 spiro atoms. The summed E-state index contributed by atoms with van der Waals surface area (Å²) in [7, 11) is 0. The average molecular weight is 381 g/mol. The quantitative estimate of drug-likeness (QED) is 0.789. The van der Waals surface area contributed by atoms with E-state index in [9.17, 15) is 4.79 Å². The second kappa shape index (κ2) is 5.71. The second-order valence-electron chi connectivity index (χ2n) is 4.25. The van der Waals surface area contributed by atoms with Gasteiger partial charge in [-0.1, -0.05) is 0 Å². The van der Waals surface area contributed by atoms with E-state index in [-0.39, 0.29) is 11.9 Å². The molecule has 2 rings (SSSR count). The van der Waals surface area contributed by atoms with Crippen LogP contribution >= 0.6 is 31.9 Å². The first-order chi connectivity index (χ1) is 8.52. The van der Waals surface area contributed by atoms with Crippen LogP contribution in [0.1, 0.15) is 18.7 Å². The topological polar surface area (TPSA) is 47.4 Å². The molecule has 1 aliphatic rings. The first kappa shape index (κ1) is 14.0. The van der Waals surface area contributed by atoms with Crippen LogP contribution < -0.4 is 0 Å². The maximum atomic E-state index is 12.4. The van der Waals surface area contributed by atoms with E-state index >= 15 is 0 Å². The van der Waals surface area contributed by atoms with Gasteiger partial charge in [0, 0.05) is 13.1 Å². The van der Waals surface area contributed by atoms with E-state index in [1.165, 1.54) is 0 Å². The Morgan fingerprint density at radius 2 is 2.00 bits per heavy atom. The van der Waals surface area contributed by atoms with Gasteiger partial charge in [0.2, 0.25) is 5.91 Å². The van der Waals surface area contributed by atoms with Crippen LogP contribution in [0.4, 0.5) is 0 Å². The monoisotopic (exact) mass is 379 g/mol. The fourth-order valence-electron chi connectivity index (χ4n) is 1.99. The summed E-state index contributed by atoms with van der Waals surface area (Å²) < 4.78 is 8.61. The molecule has 0 N–H and O–H groups in total. The first-order valence-corrected chi connectivity index (χ1v) is 7.37. The van der Waals surface area contributed by atoms with Crippen LogP contribution in [-0.4, -0.2) is 46.9 Å². The molecule has 0 aliphatic carbocycles. The van der Waals surface area contributed by atoms with E-state index in [4.69, 9.17) is 4.74 Å². The maximum Gasteiger partial charge on any atom is 0.247 e. The lowest BCUT2D eigenvalue weighted by Crippen LogP contribution is -2.44. The van der Waals surface area contributed by atoms with Crippen LogP contribution in [0.5, 0.6) is 0 Å². The van der Waals surface area contributed by atoms with Gasteiger partial charge >= 0.3 is 0 Å². The lowest BCUT2D eigenvalue weighted by Gasteiger charge is -2.29. The predicted molar refractivity (Wildman–Crippen MR) is 74.5 cm³/mol. The molecule has 100 valence electrons. The number of aromatic nitrogens is 2. The minimum Gasteiger partial charge on any atom is -0.378 e. The van der Waals surface area contributed by atoms with Crippen molar-refractivity contribution >= 4 is 37.8 Å². The molecule has 1 saturated heterocycles. The molecule has 1 atom stereocenters. The van der Waals surface area contributed by atoms with Crippen molar-refractivity contribution < 1.29 is 9.53 Å². The Kier molecular flexibility index (Phi) is 4.45. The zero-order valence-electron chi connectivity index (χ0n) is 10.3.